The number of aromatic nitrogens is 3. The highest BCUT2D eigenvalue weighted by atomic mass is 19.1. The molecule has 19 heavy (non-hydrogen) atoms. The molecule has 0 aliphatic heterocycles. The van der Waals surface area contributed by atoms with E-state index in [1.54, 1.807) is 13.0 Å². The molecule has 0 spiro atoms. The summed E-state index contributed by atoms with van der Waals surface area (Å²) in [6, 6.07) is 4.26. The number of hydrogen-bond donors (Lipinski definition) is 1. The Morgan fingerprint density at radius 1 is 1.53 bits per heavy atom. The van der Waals surface area contributed by atoms with Gasteiger partial charge < -0.3 is 9.84 Å². The summed E-state index contributed by atoms with van der Waals surface area (Å²) in [5, 5.41) is 16.3. The van der Waals surface area contributed by atoms with Crippen molar-refractivity contribution >= 4 is 5.97 Å². The molecule has 6 nitrogen and oxygen atoms in total. The van der Waals surface area contributed by atoms with E-state index in [1.807, 2.05) is 0 Å². The summed E-state index contributed by atoms with van der Waals surface area (Å²) in [6.07, 6.45) is 0.419. The average Bonchev–Trinajstić information content (AvgIpc) is 2.82. The van der Waals surface area contributed by atoms with Crippen LogP contribution >= 0.6 is 0 Å². The van der Waals surface area contributed by atoms with Crippen molar-refractivity contribution in [3.63, 3.8) is 0 Å². The third-order valence-electron chi connectivity index (χ3n) is 2.68. The molecule has 100 valence electrons. The van der Waals surface area contributed by atoms with Crippen LogP contribution in [0.2, 0.25) is 0 Å². The highest BCUT2D eigenvalue weighted by Crippen LogP contribution is 2.21. The first-order chi connectivity index (χ1) is 9.08. The predicted molar refractivity (Wildman–Crippen MR) is 64.2 cm³/mol. The zero-order chi connectivity index (χ0) is 14.0. The van der Waals surface area contributed by atoms with Crippen LogP contribution in [0.5, 0.6) is 5.75 Å². The maximum absolute atomic E-state index is 13.6. The summed E-state index contributed by atoms with van der Waals surface area (Å²) >= 11 is 0. The van der Waals surface area contributed by atoms with Gasteiger partial charge in [0.2, 0.25) is 0 Å². The van der Waals surface area contributed by atoms with Gasteiger partial charge in [0.1, 0.15) is 0 Å². The number of rotatable bonds is 4. The Hall–Kier alpha value is -2.44. The van der Waals surface area contributed by atoms with Crippen molar-refractivity contribution in [1.29, 1.82) is 0 Å². The van der Waals surface area contributed by atoms with Crippen LogP contribution in [0.3, 0.4) is 0 Å². The van der Waals surface area contributed by atoms with Gasteiger partial charge >= 0.3 is 5.97 Å². The van der Waals surface area contributed by atoms with Gasteiger partial charge in [-0.05, 0) is 18.6 Å². The molecule has 0 aliphatic carbocycles. The lowest BCUT2D eigenvalue weighted by molar-refractivity contribution is 0.0689. The van der Waals surface area contributed by atoms with E-state index in [-0.39, 0.29) is 11.4 Å². The summed E-state index contributed by atoms with van der Waals surface area (Å²) < 4.78 is 19.8. The minimum Gasteiger partial charge on any atom is -0.494 e. The van der Waals surface area contributed by atoms with Crippen LogP contribution in [0.15, 0.2) is 18.2 Å². The first kappa shape index (κ1) is 13.0. The first-order valence-corrected chi connectivity index (χ1v) is 5.60. The average molecular weight is 265 g/mol. The molecule has 0 saturated carbocycles. The third-order valence-corrected chi connectivity index (χ3v) is 2.68. The van der Waals surface area contributed by atoms with E-state index >= 15 is 0 Å². The molecule has 7 heteroatoms. The largest absolute Gasteiger partial charge is 0.494 e. The molecule has 2 rings (SSSR count). The summed E-state index contributed by atoms with van der Waals surface area (Å²) in [7, 11) is 1.37. The first-order valence-electron chi connectivity index (χ1n) is 5.60. The molecule has 1 aromatic carbocycles. The Morgan fingerprint density at radius 2 is 2.26 bits per heavy atom. The number of carboxylic acids is 1. The van der Waals surface area contributed by atoms with Gasteiger partial charge in [-0.3, -0.25) is 0 Å². The normalized spacial score (nSPS) is 10.5. The number of aromatic carboxylic acids is 1. The summed E-state index contributed by atoms with van der Waals surface area (Å²) in [5.41, 5.74) is 0.686. The quantitative estimate of drug-likeness (QED) is 0.910. The smallest absolute Gasteiger partial charge is 0.358 e. The van der Waals surface area contributed by atoms with Crippen molar-refractivity contribution < 1.29 is 19.0 Å². The summed E-state index contributed by atoms with van der Waals surface area (Å²) in [4.78, 5) is 11.0. The van der Waals surface area contributed by atoms with Gasteiger partial charge in [-0.1, -0.05) is 12.1 Å². The van der Waals surface area contributed by atoms with Crippen LogP contribution in [-0.4, -0.2) is 33.2 Å². The molecule has 0 unspecified atom stereocenters. The third kappa shape index (κ3) is 2.26. The Balaban J connectivity index is 2.53. The van der Waals surface area contributed by atoms with Crippen LogP contribution in [0.4, 0.5) is 4.39 Å². The van der Waals surface area contributed by atoms with Crippen LogP contribution in [0.25, 0.3) is 5.69 Å². The van der Waals surface area contributed by atoms with Gasteiger partial charge in [0.25, 0.3) is 0 Å². The summed E-state index contributed by atoms with van der Waals surface area (Å²) in [5.74, 6) is -1.59. The molecular weight excluding hydrogens is 253 g/mol. The maximum Gasteiger partial charge on any atom is 0.358 e. The number of halogens is 1. The fourth-order valence-electron chi connectivity index (χ4n) is 1.78. The van der Waals surface area contributed by atoms with E-state index in [1.165, 1.54) is 23.9 Å². The van der Waals surface area contributed by atoms with Crippen LogP contribution in [0.1, 0.15) is 23.1 Å². The number of carboxylic acid groups (broad SMARTS) is 1. The SMILES string of the molecule is CCc1c(C(=O)O)nnn1-c1ccc(OC)c(F)c1. The standard InChI is InChI=1S/C12H12FN3O3/c1-3-9-11(12(17)18)14-15-16(9)7-4-5-10(19-2)8(13)6-7/h4-6H,3H2,1-2H3,(H,17,18). The molecule has 0 saturated heterocycles. The summed E-state index contributed by atoms with van der Waals surface area (Å²) in [6.45, 7) is 1.78. The van der Waals surface area contributed by atoms with Crippen molar-refractivity contribution in [2.45, 2.75) is 13.3 Å². The van der Waals surface area contributed by atoms with E-state index < -0.39 is 11.8 Å². The maximum atomic E-state index is 13.6. The van der Waals surface area contributed by atoms with Gasteiger partial charge in [-0.25, -0.2) is 13.9 Å². The molecule has 0 amide bonds. The van der Waals surface area contributed by atoms with Crippen molar-refractivity contribution in [1.82, 2.24) is 15.0 Å². The monoisotopic (exact) mass is 265 g/mol. The van der Waals surface area contributed by atoms with Gasteiger partial charge in [0.15, 0.2) is 17.3 Å². The van der Waals surface area contributed by atoms with Crippen molar-refractivity contribution in [3.05, 3.63) is 35.4 Å². The Morgan fingerprint density at radius 3 is 2.79 bits per heavy atom. The van der Waals surface area contributed by atoms with Gasteiger partial charge in [0.05, 0.1) is 18.5 Å². The Kier molecular flexibility index (Phi) is 3.46. The fourth-order valence-corrected chi connectivity index (χ4v) is 1.78. The number of methoxy groups -OCH3 is 1. The molecule has 1 heterocycles. The van der Waals surface area contributed by atoms with Crippen molar-refractivity contribution in [3.8, 4) is 11.4 Å². The van der Waals surface area contributed by atoms with E-state index in [2.05, 4.69) is 10.3 Å². The second kappa shape index (κ2) is 5.05. The predicted octanol–water partition coefficient (Wildman–Crippen LogP) is 1.68. The fraction of sp³-hybridized carbons (Fsp3) is 0.250. The van der Waals surface area contributed by atoms with E-state index in [9.17, 15) is 9.18 Å². The van der Waals surface area contributed by atoms with Crippen molar-refractivity contribution in [2.75, 3.05) is 7.11 Å². The van der Waals surface area contributed by atoms with Crippen LogP contribution in [0, 0.1) is 5.82 Å². The number of benzene rings is 1. The topological polar surface area (TPSA) is 77.2 Å². The number of nitrogens with zero attached hydrogens (tertiary/aromatic N) is 3. The van der Waals surface area contributed by atoms with Gasteiger partial charge in [0, 0.05) is 6.07 Å². The molecule has 0 fully saturated rings. The second-order valence-electron chi connectivity index (χ2n) is 3.77. The second-order valence-corrected chi connectivity index (χ2v) is 3.77. The molecule has 0 aliphatic rings. The highest BCUT2D eigenvalue weighted by Gasteiger charge is 2.18. The van der Waals surface area contributed by atoms with Gasteiger partial charge in [-0.15, -0.1) is 5.10 Å². The molecule has 0 radical (unpaired) electrons. The highest BCUT2D eigenvalue weighted by molar-refractivity contribution is 5.86. The zero-order valence-corrected chi connectivity index (χ0v) is 10.4. The Labute approximate surface area is 108 Å². The molecule has 0 bridgehead atoms. The molecular formula is C12H12FN3O3. The lowest BCUT2D eigenvalue weighted by Gasteiger charge is -2.07. The molecule has 1 aromatic heterocycles. The lowest BCUT2D eigenvalue weighted by Crippen LogP contribution is -2.06. The number of hydrogen-bond acceptors (Lipinski definition) is 4. The van der Waals surface area contributed by atoms with E-state index in [0.717, 1.165) is 0 Å². The number of ether oxygens (including phenoxy) is 1. The van der Waals surface area contributed by atoms with Gasteiger partial charge in [-0.2, -0.15) is 0 Å². The minimum atomic E-state index is -1.16. The van der Waals surface area contributed by atoms with E-state index in [0.29, 0.717) is 17.8 Å². The zero-order valence-electron chi connectivity index (χ0n) is 10.4. The molecule has 2 aromatic rings. The molecule has 0 atom stereocenters. The number of carbonyl (C=O) groups is 1. The molecule has 1 N–H and O–H groups in total. The van der Waals surface area contributed by atoms with Crippen LogP contribution < -0.4 is 4.74 Å². The minimum absolute atomic E-state index is 0.111. The van der Waals surface area contributed by atoms with Crippen LogP contribution in [-0.2, 0) is 6.42 Å². The van der Waals surface area contributed by atoms with E-state index in [4.69, 9.17) is 9.84 Å². The van der Waals surface area contributed by atoms with Crippen molar-refractivity contribution in [2.24, 2.45) is 0 Å². The lowest BCUT2D eigenvalue weighted by atomic mass is 10.2. The Bertz CT molecular complexity index is 625.